The lowest BCUT2D eigenvalue weighted by Crippen LogP contribution is -2.22. The average molecular weight is 440 g/mol. The fourth-order valence-corrected chi connectivity index (χ4v) is 3.01. The van der Waals surface area contributed by atoms with Crippen molar-refractivity contribution in [1.29, 1.82) is 0 Å². The van der Waals surface area contributed by atoms with Crippen LogP contribution in [0.3, 0.4) is 0 Å². The highest BCUT2D eigenvalue weighted by molar-refractivity contribution is 9.10. The van der Waals surface area contributed by atoms with Crippen LogP contribution in [0.4, 0.5) is 5.69 Å². The van der Waals surface area contributed by atoms with E-state index < -0.39 is 0 Å². The van der Waals surface area contributed by atoms with E-state index >= 15 is 0 Å². The number of amides is 2. The maximum absolute atomic E-state index is 12.1. The third kappa shape index (κ3) is 6.35. The molecule has 5 nitrogen and oxygen atoms in total. The van der Waals surface area contributed by atoms with Gasteiger partial charge in [0.25, 0.3) is 5.91 Å². The van der Waals surface area contributed by atoms with Crippen molar-refractivity contribution in [3.05, 3.63) is 57.5 Å². The summed E-state index contributed by atoms with van der Waals surface area (Å²) < 4.78 is 6.18. The van der Waals surface area contributed by atoms with Gasteiger partial charge >= 0.3 is 0 Å². The van der Waals surface area contributed by atoms with Gasteiger partial charge in [0.1, 0.15) is 5.75 Å². The first kappa shape index (κ1) is 20.3. The second-order valence-corrected chi connectivity index (χ2v) is 7.19. The number of benzene rings is 2. The normalized spacial score (nSPS) is 10.3. The van der Waals surface area contributed by atoms with Crippen LogP contribution in [0.5, 0.6) is 5.75 Å². The number of hydrogen-bond donors (Lipinski definition) is 1. The van der Waals surface area contributed by atoms with Crippen LogP contribution in [0.2, 0.25) is 5.02 Å². The van der Waals surface area contributed by atoms with Crippen LogP contribution in [-0.4, -0.2) is 37.4 Å². The smallest absolute Gasteiger partial charge is 0.262 e. The second-order valence-electron chi connectivity index (χ2n) is 5.90. The third-order valence-corrected chi connectivity index (χ3v) is 4.44. The number of nitrogens with zero attached hydrogens (tertiary/aromatic N) is 1. The van der Waals surface area contributed by atoms with Gasteiger partial charge in [0, 0.05) is 31.2 Å². The van der Waals surface area contributed by atoms with Gasteiger partial charge in [-0.3, -0.25) is 9.59 Å². The summed E-state index contributed by atoms with van der Waals surface area (Å²) in [7, 11) is 3.47. The number of rotatable bonds is 7. The van der Waals surface area contributed by atoms with Crippen molar-refractivity contribution in [2.75, 3.05) is 26.0 Å². The molecule has 2 aromatic carbocycles. The Morgan fingerprint density at radius 1 is 1.19 bits per heavy atom. The number of halogens is 2. The van der Waals surface area contributed by atoms with Crippen LogP contribution in [0.25, 0.3) is 0 Å². The maximum atomic E-state index is 12.1. The van der Waals surface area contributed by atoms with Gasteiger partial charge in [-0.05, 0) is 58.2 Å². The minimum atomic E-state index is -0.270. The summed E-state index contributed by atoms with van der Waals surface area (Å²) in [5, 5.41) is 3.37. The number of anilines is 1. The van der Waals surface area contributed by atoms with E-state index in [4.69, 9.17) is 16.3 Å². The molecule has 0 aliphatic heterocycles. The minimum Gasteiger partial charge on any atom is -0.483 e. The molecule has 0 spiro atoms. The van der Waals surface area contributed by atoms with Crippen molar-refractivity contribution in [1.82, 2.24) is 4.90 Å². The molecule has 2 rings (SSSR count). The molecule has 0 fully saturated rings. The van der Waals surface area contributed by atoms with Gasteiger partial charge in [-0.25, -0.2) is 0 Å². The van der Waals surface area contributed by atoms with E-state index in [2.05, 4.69) is 21.2 Å². The van der Waals surface area contributed by atoms with Gasteiger partial charge in [-0.2, -0.15) is 0 Å². The lowest BCUT2D eigenvalue weighted by Gasteiger charge is -2.11. The van der Waals surface area contributed by atoms with Crippen LogP contribution >= 0.6 is 27.5 Å². The molecule has 0 atom stereocenters. The highest BCUT2D eigenvalue weighted by Crippen LogP contribution is 2.27. The van der Waals surface area contributed by atoms with Crippen molar-refractivity contribution >= 4 is 45.0 Å². The predicted molar refractivity (Wildman–Crippen MR) is 107 cm³/mol. The van der Waals surface area contributed by atoms with Gasteiger partial charge in [-0.15, -0.1) is 0 Å². The second kappa shape index (κ2) is 9.59. The number of carbonyl (C=O) groups is 2. The van der Waals surface area contributed by atoms with Crippen LogP contribution < -0.4 is 10.1 Å². The minimum absolute atomic E-state index is 0.0707. The van der Waals surface area contributed by atoms with Crippen LogP contribution in [0.15, 0.2) is 46.9 Å². The van der Waals surface area contributed by atoms with Crippen molar-refractivity contribution in [3.8, 4) is 5.75 Å². The monoisotopic (exact) mass is 438 g/mol. The van der Waals surface area contributed by atoms with Gasteiger partial charge in [-0.1, -0.05) is 23.7 Å². The summed E-state index contributed by atoms with van der Waals surface area (Å²) in [4.78, 5) is 25.3. The molecule has 7 heteroatoms. The highest BCUT2D eigenvalue weighted by atomic mass is 79.9. The molecule has 138 valence electrons. The Balaban J connectivity index is 1.88. The van der Waals surface area contributed by atoms with E-state index in [1.165, 1.54) is 0 Å². The lowest BCUT2D eigenvalue weighted by atomic mass is 10.1. The number of hydrogen-bond acceptors (Lipinski definition) is 3. The summed E-state index contributed by atoms with van der Waals surface area (Å²) in [6, 6.07) is 12.5. The van der Waals surface area contributed by atoms with E-state index in [-0.39, 0.29) is 18.4 Å². The molecule has 0 aliphatic rings. The molecule has 2 amide bonds. The summed E-state index contributed by atoms with van der Waals surface area (Å²) in [6.45, 7) is -0.121. The SMILES string of the molecule is CN(C)C(=O)CCc1cccc(NC(=O)COc2ccc(Cl)cc2Br)c1. The third-order valence-electron chi connectivity index (χ3n) is 3.59. The first-order chi connectivity index (χ1) is 12.3. The Morgan fingerprint density at radius 3 is 2.65 bits per heavy atom. The number of ether oxygens (including phenoxy) is 1. The zero-order chi connectivity index (χ0) is 19.1. The Labute approximate surface area is 166 Å². The first-order valence-corrected chi connectivity index (χ1v) is 9.19. The van der Waals surface area contributed by atoms with E-state index in [0.717, 1.165) is 5.56 Å². The number of aryl methyl sites for hydroxylation is 1. The van der Waals surface area contributed by atoms with E-state index in [9.17, 15) is 9.59 Å². The summed E-state index contributed by atoms with van der Waals surface area (Å²) in [5.74, 6) is 0.343. The fourth-order valence-electron chi connectivity index (χ4n) is 2.21. The molecule has 0 heterocycles. The molecule has 0 aliphatic carbocycles. The van der Waals surface area contributed by atoms with Crippen molar-refractivity contribution < 1.29 is 14.3 Å². The predicted octanol–water partition coefficient (Wildman–Crippen LogP) is 4.14. The fraction of sp³-hybridized carbons (Fsp3) is 0.263. The number of carbonyl (C=O) groups excluding carboxylic acids is 2. The Hall–Kier alpha value is -2.05. The number of nitrogens with one attached hydrogen (secondary N) is 1. The first-order valence-electron chi connectivity index (χ1n) is 8.02. The molecule has 0 saturated heterocycles. The topological polar surface area (TPSA) is 58.6 Å². The van der Waals surface area contributed by atoms with Crippen LogP contribution in [0, 0.1) is 0 Å². The Kier molecular flexibility index (Phi) is 7.48. The standard InChI is InChI=1S/C19H20BrClN2O3/c1-23(2)19(25)9-6-13-4-3-5-15(10-13)22-18(24)12-26-17-8-7-14(21)11-16(17)20/h3-5,7-8,10-11H,6,9,12H2,1-2H3,(H,22,24). The molecule has 2 aromatic rings. The summed E-state index contributed by atoms with van der Waals surface area (Å²) in [6.07, 6.45) is 1.05. The van der Waals surface area contributed by atoms with E-state index in [1.54, 1.807) is 43.3 Å². The summed E-state index contributed by atoms with van der Waals surface area (Å²) in [5.41, 5.74) is 1.66. The molecular formula is C19H20BrClN2O3. The molecule has 26 heavy (non-hydrogen) atoms. The van der Waals surface area contributed by atoms with E-state index in [1.807, 2.05) is 18.2 Å². The zero-order valence-electron chi connectivity index (χ0n) is 14.6. The van der Waals surface area contributed by atoms with Crippen LogP contribution in [-0.2, 0) is 16.0 Å². The molecule has 0 bridgehead atoms. The van der Waals surface area contributed by atoms with Gasteiger partial charge in [0.2, 0.25) is 5.91 Å². The average Bonchev–Trinajstić information content (AvgIpc) is 2.59. The maximum Gasteiger partial charge on any atom is 0.262 e. The Morgan fingerprint density at radius 2 is 1.96 bits per heavy atom. The van der Waals surface area contributed by atoms with Crippen molar-refractivity contribution in [2.24, 2.45) is 0 Å². The molecule has 0 aromatic heterocycles. The molecule has 0 unspecified atom stereocenters. The van der Waals surface area contributed by atoms with E-state index in [0.29, 0.717) is 33.8 Å². The Bertz CT molecular complexity index is 796. The van der Waals surface area contributed by atoms with Crippen molar-refractivity contribution in [3.63, 3.8) is 0 Å². The molecule has 0 saturated carbocycles. The van der Waals surface area contributed by atoms with Gasteiger partial charge < -0.3 is 15.0 Å². The molecule has 0 radical (unpaired) electrons. The summed E-state index contributed by atoms with van der Waals surface area (Å²) >= 11 is 9.22. The highest BCUT2D eigenvalue weighted by Gasteiger charge is 2.08. The largest absolute Gasteiger partial charge is 0.483 e. The zero-order valence-corrected chi connectivity index (χ0v) is 16.9. The van der Waals surface area contributed by atoms with Crippen molar-refractivity contribution in [2.45, 2.75) is 12.8 Å². The lowest BCUT2D eigenvalue weighted by molar-refractivity contribution is -0.128. The molecule has 1 N–H and O–H groups in total. The quantitative estimate of drug-likeness (QED) is 0.705. The van der Waals surface area contributed by atoms with Crippen LogP contribution in [0.1, 0.15) is 12.0 Å². The van der Waals surface area contributed by atoms with Gasteiger partial charge in [0.05, 0.1) is 4.47 Å². The molecular weight excluding hydrogens is 420 g/mol. The van der Waals surface area contributed by atoms with Gasteiger partial charge in [0.15, 0.2) is 6.61 Å².